The molecule has 2 aromatic carbocycles. The Morgan fingerprint density at radius 2 is 1.62 bits per heavy atom. The predicted molar refractivity (Wildman–Crippen MR) is 122 cm³/mol. The Morgan fingerprint density at radius 1 is 0.875 bits per heavy atom. The third-order valence-electron chi connectivity index (χ3n) is 5.12. The van der Waals surface area contributed by atoms with Crippen LogP contribution < -0.4 is 4.74 Å². The molecule has 5 rings (SSSR count). The summed E-state index contributed by atoms with van der Waals surface area (Å²) in [5.41, 5.74) is 4.67. The van der Waals surface area contributed by atoms with Crippen LogP contribution >= 0.6 is 0 Å². The Labute approximate surface area is 186 Å². The summed E-state index contributed by atoms with van der Waals surface area (Å²) in [6.45, 7) is 2.81. The van der Waals surface area contributed by atoms with E-state index >= 15 is 0 Å². The van der Waals surface area contributed by atoms with Crippen molar-refractivity contribution in [1.82, 2.24) is 19.7 Å². The van der Waals surface area contributed by atoms with Gasteiger partial charge in [0.1, 0.15) is 23.8 Å². The Bertz CT molecular complexity index is 1290. The molecule has 5 aromatic rings. The second-order valence-electron chi connectivity index (χ2n) is 7.43. The van der Waals surface area contributed by atoms with Gasteiger partial charge in [-0.3, -0.25) is 9.67 Å². The standard InChI is InChI=1S/C26H22N4O2/c1-19-25(28-26(32-19)21-10-6-3-7-11-21)18-31-23-13-12-22(27-16-23)17-30-15-14-24(29-30)20-8-4-2-5-9-20/h2-16H,17-18H2,1H3. The molecule has 0 bridgehead atoms. The topological polar surface area (TPSA) is 66.0 Å². The maximum Gasteiger partial charge on any atom is 0.226 e. The summed E-state index contributed by atoms with van der Waals surface area (Å²) in [5.74, 6) is 2.04. The number of pyridine rings is 1. The molecular weight excluding hydrogens is 400 g/mol. The fraction of sp³-hybridized carbons (Fsp3) is 0.115. The Hall–Kier alpha value is -4.19. The van der Waals surface area contributed by atoms with Crippen LogP contribution in [0.2, 0.25) is 0 Å². The average Bonchev–Trinajstić information content (AvgIpc) is 3.46. The van der Waals surface area contributed by atoms with Crippen molar-refractivity contribution in [2.24, 2.45) is 0 Å². The first-order valence-corrected chi connectivity index (χ1v) is 10.4. The quantitative estimate of drug-likeness (QED) is 0.345. The van der Waals surface area contributed by atoms with Crippen molar-refractivity contribution in [2.45, 2.75) is 20.1 Å². The summed E-state index contributed by atoms with van der Waals surface area (Å²) in [5, 5.41) is 4.64. The number of hydrogen-bond donors (Lipinski definition) is 0. The molecule has 0 unspecified atom stereocenters. The number of aryl methyl sites for hydroxylation is 1. The van der Waals surface area contributed by atoms with Gasteiger partial charge in [0.05, 0.1) is 24.1 Å². The zero-order chi connectivity index (χ0) is 21.8. The fourth-order valence-electron chi connectivity index (χ4n) is 3.39. The maximum atomic E-state index is 5.88. The number of nitrogens with zero attached hydrogens (tertiary/aromatic N) is 4. The van der Waals surface area contributed by atoms with Crippen LogP contribution in [0.4, 0.5) is 0 Å². The second-order valence-corrected chi connectivity index (χ2v) is 7.43. The van der Waals surface area contributed by atoms with E-state index in [1.54, 1.807) is 6.20 Å². The van der Waals surface area contributed by atoms with E-state index in [2.05, 4.69) is 27.2 Å². The van der Waals surface area contributed by atoms with E-state index in [1.807, 2.05) is 84.5 Å². The number of aromatic nitrogens is 4. The lowest BCUT2D eigenvalue weighted by atomic mass is 10.2. The summed E-state index contributed by atoms with van der Waals surface area (Å²) in [6, 6.07) is 25.8. The second kappa shape index (κ2) is 8.89. The van der Waals surface area contributed by atoms with Gasteiger partial charge in [-0.05, 0) is 37.3 Å². The van der Waals surface area contributed by atoms with Gasteiger partial charge < -0.3 is 9.15 Å². The maximum absolute atomic E-state index is 5.88. The van der Waals surface area contributed by atoms with E-state index in [4.69, 9.17) is 9.15 Å². The van der Waals surface area contributed by atoms with Crippen LogP contribution in [-0.4, -0.2) is 19.7 Å². The Morgan fingerprint density at radius 3 is 2.34 bits per heavy atom. The zero-order valence-electron chi connectivity index (χ0n) is 17.7. The Balaban J connectivity index is 1.21. The van der Waals surface area contributed by atoms with Crippen LogP contribution in [0.5, 0.6) is 5.75 Å². The van der Waals surface area contributed by atoms with Crippen LogP contribution in [0.25, 0.3) is 22.7 Å². The molecule has 0 saturated carbocycles. The molecule has 0 fully saturated rings. The highest BCUT2D eigenvalue weighted by atomic mass is 16.5. The van der Waals surface area contributed by atoms with Crippen molar-refractivity contribution >= 4 is 0 Å². The molecule has 0 aliphatic carbocycles. The SMILES string of the molecule is Cc1oc(-c2ccccc2)nc1COc1ccc(Cn2ccc(-c3ccccc3)n2)nc1. The normalized spacial score (nSPS) is 10.9. The van der Waals surface area contributed by atoms with E-state index in [0.29, 0.717) is 24.8 Å². The van der Waals surface area contributed by atoms with Crippen LogP contribution in [0, 0.1) is 6.92 Å². The van der Waals surface area contributed by atoms with Gasteiger partial charge in [0.2, 0.25) is 5.89 Å². The van der Waals surface area contributed by atoms with Crippen molar-refractivity contribution in [3.63, 3.8) is 0 Å². The molecule has 3 heterocycles. The summed E-state index contributed by atoms with van der Waals surface area (Å²) < 4.78 is 13.6. The van der Waals surface area contributed by atoms with Crippen molar-refractivity contribution in [2.75, 3.05) is 0 Å². The van der Waals surface area contributed by atoms with Crippen LogP contribution in [0.3, 0.4) is 0 Å². The average molecular weight is 422 g/mol. The highest BCUT2D eigenvalue weighted by molar-refractivity contribution is 5.58. The van der Waals surface area contributed by atoms with Gasteiger partial charge in [-0.25, -0.2) is 4.98 Å². The third kappa shape index (κ3) is 4.44. The molecule has 0 aliphatic rings. The highest BCUT2D eigenvalue weighted by Crippen LogP contribution is 2.22. The molecule has 32 heavy (non-hydrogen) atoms. The minimum atomic E-state index is 0.322. The first-order chi connectivity index (χ1) is 15.7. The lowest BCUT2D eigenvalue weighted by molar-refractivity contribution is 0.298. The first kappa shape index (κ1) is 19.8. The molecule has 0 radical (unpaired) electrons. The van der Waals surface area contributed by atoms with Gasteiger partial charge in [0.25, 0.3) is 0 Å². The van der Waals surface area contributed by atoms with Gasteiger partial charge in [0, 0.05) is 17.3 Å². The van der Waals surface area contributed by atoms with Gasteiger partial charge in [-0.2, -0.15) is 5.10 Å². The summed E-state index contributed by atoms with van der Waals surface area (Å²) >= 11 is 0. The third-order valence-corrected chi connectivity index (χ3v) is 5.12. The largest absolute Gasteiger partial charge is 0.486 e. The summed E-state index contributed by atoms with van der Waals surface area (Å²) in [7, 11) is 0. The predicted octanol–water partition coefficient (Wildman–Crippen LogP) is 5.54. The number of benzene rings is 2. The minimum Gasteiger partial charge on any atom is -0.486 e. The number of hydrogen-bond acceptors (Lipinski definition) is 5. The monoisotopic (exact) mass is 422 g/mol. The van der Waals surface area contributed by atoms with Crippen molar-refractivity contribution in [1.29, 1.82) is 0 Å². The van der Waals surface area contributed by atoms with E-state index in [1.165, 1.54) is 0 Å². The molecule has 3 aromatic heterocycles. The molecule has 0 saturated heterocycles. The van der Waals surface area contributed by atoms with E-state index < -0.39 is 0 Å². The van der Waals surface area contributed by atoms with Crippen molar-refractivity contribution in [3.8, 4) is 28.5 Å². The van der Waals surface area contributed by atoms with E-state index in [9.17, 15) is 0 Å². The molecule has 0 aliphatic heterocycles. The molecule has 0 amide bonds. The summed E-state index contributed by atoms with van der Waals surface area (Å²) in [4.78, 5) is 9.09. The van der Waals surface area contributed by atoms with Crippen LogP contribution in [0.15, 0.2) is 95.7 Å². The summed E-state index contributed by atoms with van der Waals surface area (Å²) in [6.07, 6.45) is 3.69. The van der Waals surface area contributed by atoms with Crippen molar-refractivity contribution < 1.29 is 9.15 Å². The van der Waals surface area contributed by atoms with E-state index in [0.717, 1.165) is 34.0 Å². The van der Waals surface area contributed by atoms with Crippen LogP contribution in [0.1, 0.15) is 17.1 Å². The molecule has 0 atom stereocenters. The minimum absolute atomic E-state index is 0.322. The van der Waals surface area contributed by atoms with Gasteiger partial charge in [-0.15, -0.1) is 0 Å². The fourth-order valence-corrected chi connectivity index (χ4v) is 3.39. The smallest absolute Gasteiger partial charge is 0.226 e. The van der Waals surface area contributed by atoms with Gasteiger partial charge >= 0.3 is 0 Å². The molecule has 6 heteroatoms. The van der Waals surface area contributed by atoms with Crippen LogP contribution in [-0.2, 0) is 13.2 Å². The van der Waals surface area contributed by atoms with Gasteiger partial charge in [0.15, 0.2) is 0 Å². The molecule has 0 spiro atoms. The molecule has 6 nitrogen and oxygen atoms in total. The zero-order valence-corrected chi connectivity index (χ0v) is 17.7. The van der Waals surface area contributed by atoms with E-state index in [-0.39, 0.29) is 0 Å². The number of ether oxygens (including phenoxy) is 1. The highest BCUT2D eigenvalue weighted by Gasteiger charge is 2.12. The Kier molecular flexibility index (Phi) is 5.49. The number of rotatable bonds is 7. The molecule has 0 N–H and O–H groups in total. The molecule has 158 valence electrons. The number of oxazole rings is 1. The molecular formula is C26H22N4O2. The first-order valence-electron chi connectivity index (χ1n) is 10.4. The lowest BCUT2D eigenvalue weighted by Crippen LogP contribution is -2.03. The van der Waals surface area contributed by atoms with Crippen molar-refractivity contribution in [3.05, 3.63) is 108 Å². The lowest BCUT2D eigenvalue weighted by Gasteiger charge is -2.06. The van der Waals surface area contributed by atoms with Gasteiger partial charge in [-0.1, -0.05) is 48.5 Å².